The van der Waals surface area contributed by atoms with Gasteiger partial charge in [-0.2, -0.15) is 5.10 Å². The van der Waals surface area contributed by atoms with E-state index in [2.05, 4.69) is 10.4 Å². The number of anilines is 1. The van der Waals surface area contributed by atoms with E-state index in [0.29, 0.717) is 21.5 Å². The third-order valence-corrected chi connectivity index (χ3v) is 4.38. The summed E-state index contributed by atoms with van der Waals surface area (Å²) in [4.78, 5) is 24.3. The Morgan fingerprint density at radius 2 is 1.88 bits per heavy atom. The van der Waals surface area contributed by atoms with Crippen LogP contribution in [0.2, 0.25) is 0 Å². The topological polar surface area (TPSA) is 96.2 Å². The molecule has 2 heterocycles. The fourth-order valence-corrected chi connectivity index (χ4v) is 3.07. The summed E-state index contributed by atoms with van der Waals surface area (Å²) in [6.45, 7) is -0.159. The first-order valence-corrected chi connectivity index (χ1v) is 8.10. The standard InChI is InChI=1S/C16H12F2N4O3S/c17-9-5-10(18)7-11(6-9)19-15(23)8-22-4-3-12(20-22)13-1-2-14(26-13)16(24)21-25/h1-7,25H,8H2,(H,19,23)(H,21,24). The summed E-state index contributed by atoms with van der Waals surface area (Å²) in [5.74, 6) is -2.71. The molecule has 3 rings (SSSR count). The molecule has 0 radical (unpaired) electrons. The number of hydroxylamine groups is 1. The number of carbonyl (C=O) groups is 2. The minimum atomic E-state index is -0.790. The summed E-state index contributed by atoms with van der Waals surface area (Å²) in [5.41, 5.74) is 2.10. The summed E-state index contributed by atoms with van der Waals surface area (Å²) in [6.07, 6.45) is 1.56. The minimum Gasteiger partial charge on any atom is -0.324 e. The molecule has 10 heteroatoms. The van der Waals surface area contributed by atoms with Crippen molar-refractivity contribution in [3.63, 3.8) is 0 Å². The smallest absolute Gasteiger partial charge is 0.284 e. The molecule has 0 saturated carbocycles. The maximum absolute atomic E-state index is 13.1. The average molecular weight is 378 g/mol. The monoisotopic (exact) mass is 378 g/mol. The fourth-order valence-electron chi connectivity index (χ4n) is 2.21. The van der Waals surface area contributed by atoms with Crippen molar-refractivity contribution in [3.05, 3.63) is 59.1 Å². The number of aromatic nitrogens is 2. The largest absolute Gasteiger partial charge is 0.324 e. The maximum atomic E-state index is 13.1. The lowest BCUT2D eigenvalue weighted by atomic mass is 10.3. The van der Waals surface area contributed by atoms with Crippen molar-refractivity contribution in [2.75, 3.05) is 5.32 Å². The van der Waals surface area contributed by atoms with Crippen molar-refractivity contribution >= 4 is 28.8 Å². The summed E-state index contributed by atoms with van der Waals surface area (Å²) in [7, 11) is 0. The zero-order valence-corrected chi connectivity index (χ0v) is 13.9. The van der Waals surface area contributed by atoms with E-state index in [1.807, 2.05) is 0 Å². The molecule has 0 aliphatic rings. The zero-order valence-electron chi connectivity index (χ0n) is 13.1. The van der Waals surface area contributed by atoms with Gasteiger partial charge in [0.05, 0.1) is 9.75 Å². The number of nitrogens with one attached hydrogen (secondary N) is 2. The van der Waals surface area contributed by atoms with Gasteiger partial charge in [-0.1, -0.05) is 0 Å². The highest BCUT2D eigenvalue weighted by Crippen LogP contribution is 2.26. The first-order chi connectivity index (χ1) is 12.4. The van der Waals surface area contributed by atoms with Crippen LogP contribution in [-0.4, -0.2) is 26.8 Å². The van der Waals surface area contributed by atoms with E-state index < -0.39 is 23.4 Å². The predicted octanol–water partition coefficient (Wildman–Crippen LogP) is 2.65. The van der Waals surface area contributed by atoms with Crippen molar-refractivity contribution in [3.8, 4) is 10.6 Å². The molecule has 7 nitrogen and oxygen atoms in total. The molecule has 1 aromatic carbocycles. The number of amides is 2. The lowest BCUT2D eigenvalue weighted by Crippen LogP contribution is -2.19. The first-order valence-electron chi connectivity index (χ1n) is 7.28. The molecule has 0 unspecified atom stereocenters. The van der Waals surface area contributed by atoms with Crippen LogP contribution < -0.4 is 10.8 Å². The van der Waals surface area contributed by atoms with Crippen LogP contribution in [0.15, 0.2) is 42.6 Å². The van der Waals surface area contributed by atoms with Crippen LogP contribution in [0.5, 0.6) is 0 Å². The molecule has 26 heavy (non-hydrogen) atoms. The van der Waals surface area contributed by atoms with Gasteiger partial charge in [-0.05, 0) is 30.3 Å². The quantitative estimate of drug-likeness (QED) is 0.470. The number of thiophene rings is 1. The first kappa shape index (κ1) is 17.7. The molecule has 0 saturated heterocycles. The van der Waals surface area contributed by atoms with Gasteiger partial charge in [0.2, 0.25) is 5.91 Å². The van der Waals surface area contributed by atoms with E-state index in [1.54, 1.807) is 23.8 Å². The van der Waals surface area contributed by atoms with Gasteiger partial charge in [0.1, 0.15) is 23.9 Å². The van der Waals surface area contributed by atoms with Gasteiger partial charge in [0, 0.05) is 18.0 Å². The van der Waals surface area contributed by atoms with Crippen molar-refractivity contribution in [1.29, 1.82) is 0 Å². The predicted molar refractivity (Wildman–Crippen MR) is 89.8 cm³/mol. The fraction of sp³-hybridized carbons (Fsp3) is 0.0625. The second-order valence-corrected chi connectivity index (χ2v) is 6.29. The number of carbonyl (C=O) groups excluding carboxylic acids is 2. The van der Waals surface area contributed by atoms with Crippen molar-refractivity contribution in [1.82, 2.24) is 15.3 Å². The molecular weight excluding hydrogens is 366 g/mol. The van der Waals surface area contributed by atoms with E-state index in [9.17, 15) is 18.4 Å². The molecule has 0 spiro atoms. The molecule has 0 aliphatic carbocycles. The van der Waals surface area contributed by atoms with E-state index in [4.69, 9.17) is 5.21 Å². The number of nitrogens with zero attached hydrogens (tertiary/aromatic N) is 2. The normalized spacial score (nSPS) is 10.6. The molecule has 0 aliphatic heterocycles. The molecule has 3 aromatic rings. The summed E-state index contributed by atoms with van der Waals surface area (Å²) < 4.78 is 27.6. The number of halogens is 2. The Morgan fingerprint density at radius 1 is 1.15 bits per heavy atom. The lowest BCUT2D eigenvalue weighted by molar-refractivity contribution is -0.116. The van der Waals surface area contributed by atoms with Crippen molar-refractivity contribution < 1.29 is 23.6 Å². The van der Waals surface area contributed by atoms with E-state index >= 15 is 0 Å². The van der Waals surface area contributed by atoms with Gasteiger partial charge in [-0.15, -0.1) is 11.3 Å². The molecule has 0 fully saturated rings. The van der Waals surface area contributed by atoms with Crippen LogP contribution in [-0.2, 0) is 11.3 Å². The molecule has 0 atom stereocenters. The van der Waals surface area contributed by atoms with E-state index in [1.165, 1.54) is 10.7 Å². The second kappa shape index (κ2) is 7.42. The minimum absolute atomic E-state index is 0.0118. The Balaban J connectivity index is 1.67. The summed E-state index contributed by atoms with van der Waals surface area (Å²) in [6, 6.07) is 7.58. The molecular formula is C16H12F2N4O3S. The Labute approximate surface area is 149 Å². The summed E-state index contributed by atoms with van der Waals surface area (Å²) >= 11 is 1.12. The number of rotatable bonds is 5. The Morgan fingerprint density at radius 3 is 2.58 bits per heavy atom. The van der Waals surface area contributed by atoms with Crippen LogP contribution in [0, 0.1) is 11.6 Å². The van der Waals surface area contributed by atoms with Gasteiger partial charge in [0.25, 0.3) is 5.91 Å². The zero-order chi connectivity index (χ0) is 18.7. The van der Waals surface area contributed by atoms with E-state index in [-0.39, 0.29) is 12.2 Å². The number of hydrogen-bond donors (Lipinski definition) is 3. The molecule has 0 bridgehead atoms. The number of hydrogen-bond acceptors (Lipinski definition) is 5. The molecule has 2 aromatic heterocycles. The van der Waals surface area contributed by atoms with Gasteiger partial charge < -0.3 is 5.32 Å². The van der Waals surface area contributed by atoms with Crippen LogP contribution in [0.1, 0.15) is 9.67 Å². The SMILES string of the molecule is O=C(Cn1ccc(-c2ccc(C(=O)NO)s2)n1)Nc1cc(F)cc(F)c1. The second-order valence-electron chi connectivity index (χ2n) is 5.21. The number of benzene rings is 1. The van der Waals surface area contributed by atoms with Crippen molar-refractivity contribution in [2.24, 2.45) is 0 Å². The Bertz CT molecular complexity index is 950. The third kappa shape index (κ3) is 4.10. The lowest BCUT2D eigenvalue weighted by Gasteiger charge is -2.05. The van der Waals surface area contributed by atoms with Crippen LogP contribution in [0.4, 0.5) is 14.5 Å². The summed E-state index contributed by atoms with van der Waals surface area (Å²) in [5, 5.41) is 15.2. The highest BCUT2D eigenvalue weighted by atomic mass is 32.1. The Kier molecular flexibility index (Phi) is 5.05. The van der Waals surface area contributed by atoms with Gasteiger partial charge >= 0.3 is 0 Å². The molecule has 3 N–H and O–H groups in total. The third-order valence-electron chi connectivity index (χ3n) is 3.28. The Hall–Kier alpha value is -3.11. The van der Waals surface area contributed by atoms with Gasteiger partial charge in [0.15, 0.2) is 0 Å². The molecule has 2 amide bonds. The molecule has 134 valence electrons. The van der Waals surface area contributed by atoms with Crippen LogP contribution >= 0.6 is 11.3 Å². The van der Waals surface area contributed by atoms with Crippen molar-refractivity contribution in [2.45, 2.75) is 6.54 Å². The highest BCUT2D eigenvalue weighted by Gasteiger charge is 2.12. The average Bonchev–Trinajstić information content (AvgIpc) is 3.22. The van der Waals surface area contributed by atoms with Gasteiger partial charge in [-0.3, -0.25) is 19.5 Å². The van der Waals surface area contributed by atoms with E-state index in [0.717, 1.165) is 23.5 Å². The van der Waals surface area contributed by atoms with Crippen LogP contribution in [0.3, 0.4) is 0 Å². The van der Waals surface area contributed by atoms with Gasteiger partial charge in [-0.25, -0.2) is 14.3 Å². The highest BCUT2D eigenvalue weighted by molar-refractivity contribution is 7.17. The van der Waals surface area contributed by atoms with Crippen LogP contribution in [0.25, 0.3) is 10.6 Å². The maximum Gasteiger partial charge on any atom is 0.284 e.